The van der Waals surface area contributed by atoms with Crippen LogP contribution in [-0.4, -0.2) is 57.2 Å². The largest absolute Gasteiger partial charge is 0.361 e. The van der Waals surface area contributed by atoms with E-state index in [2.05, 4.69) is 20.3 Å². The average molecular weight is 365 g/mol. The third-order valence-electron chi connectivity index (χ3n) is 4.88. The summed E-state index contributed by atoms with van der Waals surface area (Å²) in [5.74, 6) is 0.820. The summed E-state index contributed by atoms with van der Waals surface area (Å²) in [5, 5.41) is 11.2. The number of aromatic nitrogens is 3. The van der Waals surface area contributed by atoms with Gasteiger partial charge in [0.15, 0.2) is 0 Å². The minimum atomic E-state index is -0.00204. The van der Waals surface area contributed by atoms with E-state index < -0.39 is 0 Å². The summed E-state index contributed by atoms with van der Waals surface area (Å²) in [4.78, 5) is 16.9. The lowest BCUT2D eigenvalue weighted by Crippen LogP contribution is -2.48. The number of rotatable bonds is 4. The quantitative estimate of drug-likeness (QED) is 0.769. The molecule has 1 aliphatic rings. The smallest absolute Gasteiger partial charge is 0.271 e. The van der Waals surface area contributed by atoms with Crippen molar-refractivity contribution in [2.24, 2.45) is 0 Å². The number of carbonyl (C=O) groups excluding carboxylic acids is 1. The van der Waals surface area contributed by atoms with E-state index in [1.165, 1.54) is 5.56 Å². The zero-order valence-corrected chi connectivity index (χ0v) is 15.6. The van der Waals surface area contributed by atoms with Crippen LogP contribution in [0.1, 0.15) is 27.5 Å². The second-order valence-corrected chi connectivity index (χ2v) is 7.03. The maximum absolute atomic E-state index is 12.8. The number of piperazine rings is 1. The molecule has 0 saturated carbocycles. The molecule has 3 heterocycles. The van der Waals surface area contributed by atoms with Crippen molar-refractivity contribution in [2.75, 3.05) is 26.2 Å². The normalized spacial score (nSPS) is 15.3. The van der Waals surface area contributed by atoms with Crippen LogP contribution >= 0.6 is 0 Å². The Morgan fingerprint density at radius 3 is 2.52 bits per heavy atom. The number of carbonyl (C=O) groups is 1. The van der Waals surface area contributed by atoms with Gasteiger partial charge in [-0.1, -0.05) is 35.0 Å². The summed E-state index contributed by atoms with van der Waals surface area (Å²) in [6.07, 6.45) is 0. The molecule has 0 spiro atoms. The molecule has 7 nitrogen and oxygen atoms in total. The van der Waals surface area contributed by atoms with Crippen LogP contribution < -0.4 is 0 Å². The summed E-state index contributed by atoms with van der Waals surface area (Å²) in [5.41, 5.74) is 4.46. The first-order chi connectivity index (χ1) is 13.1. The molecule has 3 aromatic rings. The third-order valence-corrected chi connectivity index (χ3v) is 4.88. The van der Waals surface area contributed by atoms with Crippen molar-refractivity contribution < 1.29 is 9.32 Å². The van der Waals surface area contributed by atoms with Crippen LogP contribution in [0.2, 0.25) is 0 Å². The fraction of sp³-hybridized carbons (Fsp3) is 0.350. The summed E-state index contributed by atoms with van der Waals surface area (Å²) in [7, 11) is 0. The molecular weight excluding hydrogens is 342 g/mol. The minimum Gasteiger partial charge on any atom is -0.361 e. The van der Waals surface area contributed by atoms with Gasteiger partial charge in [-0.25, -0.2) is 0 Å². The van der Waals surface area contributed by atoms with E-state index in [1.54, 1.807) is 0 Å². The van der Waals surface area contributed by atoms with E-state index in [-0.39, 0.29) is 5.91 Å². The third kappa shape index (κ3) is 3.93. The first-order valence-electron chi connectivity index (χ1n) is 9.15. The fourth-order valence-electron chi connectivity index (χ4n) is 3.30. The lowest BCUT2D eigenvalue weighted by Gasteiger charge is -2.33. The number of hydrogen-bond acceptors (Lipinski definition) is 5. The van der Waals surface area contributed by atoms with Gasteiger partial charge in [-0.15, -0.1) is 0 Å². The highest BCUT2D eigenvalue weighted by Gasteiger charge is 2.24. The number of H-pyrrole nitrogens is 1. The summed E-state index contributed by atoms with van der Waals surface area (Å²) in [6, 6.07) is 11.9. The molecule has 1 saturated heterocycles. The van der Waals surface area contributed by atoms with Crippen molar-refractivity contribution in [1.29, 1.82) is 0 Å². The molecule has 0 aliphatic carbocycles. The molecule has 0 unspecified atom stereocenters. The highest BCUT2D eigenvalue weighted by molar-refractivity contribution is 5.93. The Labute approximate surface area is 158 Å². The van der Waals surface area contributed by atoms with Crippen LogP contribution in [0.3, 0.4) is 0 Å². The van der Waals surface area contributed by atoms with Gasteiger partial charge < -0.3 is 9.42 Å². The second kappa shape index (κ2) is 7.36. The van der Waals surface area contributed by atoms with Gasteiger partial charge in [0.2, 0.25) is 0 Å². The van der Waals surface area contributed by atoms with E-state index in [4.69, 9.17) is 4.52 Å². The Kier molecular flexibility index (Phi) is 4.77. The number of nitrogens with one attached hydrogen (secondary N) is 1. The van der Waals surface area contributed by atoms with Gasteiger partial charge in [0.05, 0.1) is 11.4 Å². The van der Waals surface area contributed by atoms with Gasteiger partial charge in [0.25, 0.3) is 5.91 Å². The molecule has 1 N–H and O–H groups in total. The Morgan fingerprint density at radius 2 is 1.85 bits per heavy atom. The van der Waals surface area contributed by atoms with Gasteiger partial charge in [-0.2, -0.15) is 5.10 Å². The zero-order chi connectivity index (χ0) is 18.8. The van der Waals surface area contributed by atoms with Gasteiger partial charge in [0.1, 0.15) is 11.5 Å². The summed E-state index contributed by atoms with van der Waals surface area (Å²) < 4.78 is 5.12. The van der Waals surface area contributed by atoms with Crippen molar-refractivity contribution in [1.82, 2.24) is 25.2 Å². The number of aromatic amines is 1. The van der Waals surface area contributed by atoms with Crippen LogP contribution in [0.15, 0.2) is 40.9 Å². The molecule has 0 bridgehead atoms. The van der Waals surface area contributed by atoms with Crippen LogP contribution in [0, 0.1) is 13.8 Å². The molecule has 7 heteroatoms. The lowest BCUT2D eigenvalue weighted by molar-refractivity contribution is 0.0620. The van der Waals surface area contributed by atoms with Crippen molar-refractivity contribution >= 4 is 5.91 Å². The van der Waals surface area contributed by atoms with Crippen molar-refractivity contribution in [2.45, 2.75) is 20.4 Å². The molecule has 0 radical (unpaired) electrons. The van der Waals surface area contributed by atoms with Gasteiger partial charge in [-0.3, -0.25) is 14.8 Å². The topological polar surface area (TPSA) is 78.3 Å². The number of hydrogen-bond donors (Lipinski definition) is 1. The summed E-state index contributed by atoms with van der Waals surface area (Å²) >= 11 is 0. The predicted molar refractivity (Wildman–Crippen MR) is 101 cm³/mol. The van der Waals surface area contributed by atoms with Crippen LogP contribution in [0.25, 0.3) is 11.3 Å². The number of amides is 1. The lowest BCUT2D eigenvalue weighted by atomic mass is 10.1. The van der Waals surface area contributed by atoms with Crippen LogP contribution in [-0.2, 0) is 6.54 Å². The fourth-order valence-corrected chi connectivity index (χ4v) is 3.30. The van der Waals surface area contributed by atoms with Gasteiger partial charge in [-0.05, 0) is 19.9 Å². The molecule has 1 fully saturated rings. The number of aryl methyl sites for hydroxylation is 2. The van der Waals surface area contributed by atoms with Gasteiger partial charge in [0, 0.05) is 44.4 Å². The minimum absolute atomic E-state index is 0.00204. The molecule has 2 aromatic heterocycles. The molecule has 4 rings (SSSR count). The molecule has 1 aromatic carbocycles. The summed E-state index contributed by atoms with van der Waals surface area (Å²) in [6.45, 7) is 7.70. The highest BCUT2D eigenvalue weighted by Crippen LogP contribution is 2.19. The Morgan fingerprint density at radius 1 is 1.11 bits per heavy atom. The standard InChI is InChI=1S/C20H23N5O2/c1-14-3-5-16(6-4-14)18-12-19(22-21-18)20(26)25-9-7-24(8-10-25)13-17-11-15(2)27-23-17/h3-6,11-12H,7-10,13H2,1-2H3,(H,21,22). The highest BCUT2D eigenvalue weighted by atomic mass is 16.5. The molecule has 27 heavy (non-hydrogen) atoms. The second-order valence-electron chi connectivity index (χ2n) is 7.03. The van der Waals surface area contributed by atoms with Crippen molar-refractivity contribution in [3.63, 3.8) is 0 Å². The molecular formula is C20H23N5O2. The number of nitrogens with zero attached hydrogens (tertiary/aromatic N) is 4. The van der Waals surface area contributed by atoms with E-state index in [9.17, 15) is 4.79 Å². The van der Waals surface area contributed by atoms with Crippen LogP contribution in [0.4, 0.5) is 0 Å². The SMILES string of the molecule is Cc1ccc(-c2cc(C(=O)N3CCN(Cc4cc(C)on4)CC3)[nH]n2)cc1. The van der Waals surface area contributed by atoms with E-state index in [1.807, 2.05) is 55.1 Å². The monoisotopic (exact) mass is 365 g/mol. The van der Waals surface area contributed by atoms with Crippen LogP contribution in [0.5, 0.6) is 0 Å². The van der Waals surface area contributed by atoms with Gasteiger partial charge >= 0.3 is 0 Å². The first-order valence-corrected chi connectivity index (χ1v) is 9.15. The number of benzene rings is 1. The zero-order valence-electron chi connectivity index (χ0n) is 15.6. The predicted octanol–water partition coefficient (Wildman–Crippen LogP) is 2.64. The first kappa shape index (κ1) is 17.5. The average Bonchev–Trinajstić information content (AvgIpc) is 3.32. The molecule has 0 atom stereocenters. The van der Waals surface area contributed by atoms with E-state index in [0.717, 1.165) is 42.3 Å². The van der Waals surface area contributed by atoms with E-state index >= 15 is 0 Å². The van der Waals surface area contributed by atoms with E-state index in [0.29, 0.717) is 18.8 Å². The Balaban J connectivity index is 1.36. The Bertz CT molecular complexity index is 920. The molecule has 1 aliphatic heterocycles. The maximum Gasteiger partial charge on any atom is 0.271 e. The van der Waals surface area contributed by atoms with Crippen molar-refractivity contribution in [3.8, 4) is 11.3 Å². The maximum atomic E-state index is 12.8. The molecule has 140 valence electrons. The Hall–Kier alpha value is -2.93. The molecule has 1 amide bonds. The van der Waals surface area contributed by atoms with Crippen molar-refractivity contribution in [3.05, 3.63) is 59.1 Å².